The largest absolute Gasteiger partial charge is 0.317 e. The fourth-order valence-corrected chi connectivity index (χ4v) is 1.55. The summed E-state index contributed by atoms with van der Waals surface area (Å²) in [5, 5.41) is 3.47. The smallest absolute Gasteiger partial charge is 0.00213 e. The quantitative estimate of drug-likeness (QED) is 0.545. The molecule has 0 saturated heterocycles. The Bertz CT molecular complexity index is 104. The van der Waals surface area contributed by atoms with Crippen LogP contribution in [-0.4, -0.2) is 38.1 Å². The molecule has 0 aliphatic rings. The highest BCUT2D eigenvalue weighted by Crippen LogP contribution is 1.93. The lowest BCUT2D eigenvalue weighted by molar-refractivity contribution is 0.325. The number of hydrogen-bond acceptors (Lipinski definition) is 2. The normalized spacial score (nSPS) is 11.1. The summed E-state index contributed by atoms with van der Waals surface area (Å²) >= 11 is 0. The summed E-state index contributed by atoms with van der Waals surface area (Å²) < 4.78 is 0. The highest BCUT2D eigenvalue weighted by molar-refractivity contribution is 4.53. The molecule has 0 bridgehead atoms. The molecule has 1 N–H and O–H groups in total. The first-order valence-electron chi connectivity index (χ1n) is 6.20. The lowest BCUT2D eigenvalue weighted by atomic mass is 10.2. The molecular weight excluding hydrogens is 172 g/mol. The Morgan fingerprint density at radius 2 is 1.57 bits per heavy atom. The molecule has 0 aromatic carbocycles. The van der Waals surface area contributed by atoms with Crippen LogP contribution < -0.4 is 5.32 Å². The molecule has 0 amide bonds. The van der Waals surface area contributed by atoms with E-state index in [-0.39, 0.29) is 0 Å². The average molecular weight is 200 g/mol. The van der Waals surface area contributed by atoms with Crippen molar-refractivity contribution in [1.82, 2.24) is 10.2 Å². The van der Waals surface area contributed by atoms with Gasteiger partial charge in [0.1, 0.15) is 0 Å². The highest BCUT2D eigenvalue weighted by atomic mass is 15.1. The van der Waals surface area contributed by atoms with Gasteiger partial charge in [-0.25, -0.2) is 0 Å². The number of nitrogens with one attached hydrogen (secondary N) is 1. The van der Waals surface area contributed by atoms with Gasteiger partial charge >= 0.3 is 0 Å². The first-order valence-corrected chi connectivity index (χ1v) is 6.20. The molecule has 0 saturated carbocycles. The van der Waals surface area contributed by atoms with Gasteiger partial charge in [-0.15, -0.1) is 0 Å². The maximum atomic E-state index is 3.47. The van der Waals surface area contributed by atoms with Crippen LogP contribution in [0.3, 0.4) is 0 Å². The maximum absolute atomic E-state index is 3.47. The van der Waals surface area contributed by atoms with Crippen molar-refractivity contribution in [1.29, 1.82) is 0 Å². The molecule has 0 aliphatic heterocycles. The summed E-state index contributed by atoms with van der Waals surface area (Å²) in [5.74, 6) is 0. The van der Waals surface area contributed by atoms with Gasteiger partial charge in [0.05, 0.1) is 0 Å². The van der Waals surface area contributed by atoms with E-state index in [1.165, 1.54) is 58.3 Å². The van der Waals surface area contributed by atoms with Crippen LogP contribution in [0.2, 0.25) is 0 Å². The fourth-order valence-electron chi connectivity index (χ4n) is 1.55. The SMILES string of the molecule is CCCCNCCCCN(C)CCC. The number of nitrogens with zero attached hydrogens (tertiary/aromatic N) is 1. The second kappa shape index (κ2) is 11.0. The molecule has 0 heterocycles. The van der Waals surface area contributed by atoms with E-state index in [0.29, 0.717) is 0 Å². The van der Waals surface area contributed by atoms with Crippen molar-refractivity contribution in [3.05, 3.63) is 0 Å². The summed E-state index contributed by atoms with van der Waals surface area (Å²) in [7, 11) is 2.22. The fraction of sp³-hybridized carbons (Fsp3) is 1.00. The van der Waals surface area contributed by atoms with Gasteiger partial charge < -0.3 is 10.2 Å². The highest BCUT2D eigenvalue weighted by Gasteiger charge is 1.95. The van der Waals surface area contributed by atoms with Crippen LogP contribution in [0.5, 0.6) is 0 Å². The molecule has 0 aliphatic carbocycles. The minimum Gasteiger partial charge on any atom is -0.317 e. The topological polar surface area (TPSA) is 15.3 Å². The minimum atomic E-state index is 1.19. The van der Waals surface area contributed by atoms with Crippen molar-refractivity contribution < 1.29 is 0 Å². The molecule has 0 unspecified atom stereocenters. The summed E-state index contributed by atoms with van der Waals surface area (Å²) in [4.78, 5) is 2.42. The van der Waals surface area contributed by atoms with E-state index in [9.17, 15) is 0 Å². The van der Waals surface area contributed by atoms with Crippen molar-refractivity contribution in [3.8, 4) is 0 Å². The molecule has 0 aromatic rings. The van der Waals surface area contributed by atoms with E-state index in [1.807, 2.05) is 0 Å². The van der Waals surface area contributed by atoms with E-state index in [2.05, 4.69) is 31.1 Å². The molecule has 0 spiro atoms. The zero-order valence-electron chi connectivity index (χ0n) is 10.3. The average Bonchev–Trinajstić information content (AvgIpc) is 2.17. The Morgan fingerprint density at radius 3 is 2.21 bits per heavy atom. The van der Waals surface area contributed by atoms with Crippen LogP contribution in [0.4, 0.5) is 0 Å². The first-order chi connectivity index (χ1) is 6.81. The lowest BCUT2D eigenvalue weighted by Gasteiger charge is -2.14. The molecule has 2 heteroatoms. The molecule has 86 valence electrons. The van der Waals surface area contributed by atoms with Crippen molar-refractivity contribution in [3.63, 3.8) is 0 Å². The van der Waals surface area contributed by atoms with E-state index < -0.39 is 0 Å². The summed E-state index contributed by atoms with van der Waals surface area (Å²) in [5.41, 5.74) is 0. The third-order valence-electron chi connectivity index (χ3n) is 2.46. The zero-order chi connectivity index (χ0) is 10.6. The van der Waals surface area contributed by atoms with Gasteiger partial charge in [-0.3, -0.25) is 0 Å². The van der Waals surface area contributed by atoms with Crippen molar-refractivity contribution in [2.75, 3.05) is 33.2 Å². The monoisotopic (exact) mass is 200 g/mol. The third-order valence-corrected chi connectivity index (χ3v) is 2.46. The second-order valence-corrected chi connectivity index (χ2v) is 4.11. The summed E-state index contributed by atoms with van der Waals surface area (Å²) in [6.07, 6.45) is 6.53. The van der Waals surface area contributed by atoms with Crippen molar-refractivity contribution >= 4 is 0 Å². The van der Waals surface area contributed by atoms with Crippen LogP contribution in [0.25, 0.3) is 0 Å². The lowest BCUT2D eigenvalue weighted by Crippen LogP contribution is -2.22. The van der Waals surface area contributed by atoms with E-state index >= 15 is 0 Å². The van der Waals surface area contributed by atoms with Crippen LogP contribution in [0, 0.1) is 0 Å². The predicted octanol–water partition coefficient (Wildman–Crippen LogP) is 2.50. The Kier molecular flexibility index (Phi) is 10.9. The molecule has 0 rings (SSSR count). The molecule has 0 aromatic heterocycles. The summed E-state index contributed by atoms with van der Waals surface area (Å²) in [6.45, 7) is 9.36. The molecule has 0 atom stereocenters. The standard InChI is InChI=1S/C12H28N2/c1-4-6-9-13-10-7-8-12-14(3)11-5-2/h13H,4-12H2,1-3H3. The first kappa shape index (κ1) is 13.9. The van der Waals surface area contributed by atoms with Gasteiger partial charge in [0.15, 0.2) is 0 Å². The van der Waals surface area contributed by atoms with Crippen LogP contribution >= 0.6 is 0 Å². The number of hydrogen-bond donors (Lipinski definition) is 1. The van der Waals surface area contributed by atoms with Crippen LogP contribution in [-0.2, 0) is 0 Å². The van der Waals surface area contributed by atoms with Gasteiger partial charge in [0.25, 0.3) is 0 Å². The van der Waals surface area contributed by atoms with Gasteiger partial charge in [0.2, 0.25) is 0 Å². The molecule has 14 heavy (non-hydrogen) atoms. The van der Waals surface area contributed by atoms with Gasteiger partial charge in [-0.05, 0) is 58.9 Å². The van der Waals surface area contributed by atoms with Gasteiger partial charge in [-0.2, -0.15) is 0 Å². The van der Waals surface area contributed by atoms with E-state index in [4.69, 9.17) is 0 Å². The second-order valence-electron chi connectivity index (χ2n) is 4.11. The Hall–Kier alpha value is -0.0800. The Balaban J connectivity index is 2.98. The van der Waals surface area contributed by atoms with E-state index in [0.717, 1.165) is 0 Å². The minimum absolute atomic E-state index is 1.19. The number of unbranched alkanes of at least 4 members (excludes halogenated alkanes) is 2. The Labute approximate surface area is 90.1 Å². The molecule has 0 fully saturated rings. The molecule has 2 nitrogen and oxygen atoms in total. The van der Waals surface area contributed by atoms with E-state index in [1.54, 1.807) is 0 Å². The molecular formula is C12H28N2. The van der Waals surface area contributed by atoms with Gasteiger partial charge in [-0.1, -0.05) is 20.3 Å². The summed E-state index contributed by atoms with van der Waals surface area (Å²) in [6, 6.07) is 0. The van der Waals surface area contributed by atoms with Crippen LogP contribution in [0.1, 0.15) is 46.0 Å². The number of rotatable bonds is 10. The van der Waals surface area contributed by atoms with Crippen LogP contribution in [0.15, 0.2) is 0 Å². The maximum Gasteiger partial charge on any atom is -0.00213 e. The zero-order valence-corrected chi connectivity index (χ0v) is 10.3. The van der Waals surface area contributed by atoms with Crippen molar-refractivity contribution in [2.24, 2.45) is 0 Å². The van der Waals surface area contributed by atoms with Gasteiger partial charge in [0, 0.05) is 0 Å². The molecule has 0 radical (unpaired) electrons. The third kappa shape index (κ3) is 10.0. The van der Waals surface area contributed by atoms with Crippen molar-refractivity contribution in [2.45, 2.75) is 46.0 Å². The Morgan fingerprint density at radius 1 is 0.857 bits per heavy atom. The predicted molar refractivity (Wildman–Crippen MR) is 64.8 cm³/mol.